The normalized spacial score (nSPS) is 16.2. The van der Waals surface area contributed by atoms with E-state index in [0.717, 1.165) is 12.0 Å². The maximum absolute atomic E-state index is 11.9. The number of hydrogen-bond donors (Lipinski definition) is 1. The Morgan fingerprint density at radius 2 is 1.88 bits per heavy atom. The van der Waals surface area contributed by atoms with Gasteiger partial charge in [-0.15, -0.1) is 0 Å². The van der Waals surface area contributed by atoms with Gasteiger partial charge >= 0.3 is 0 Å². The number of nitrogens with two attached hydrogens (primary N) is 1. The zero-order valence-electron chi connectivity index (χ0n) is 10.2. The van der Waals surface area contributed by atoms with E-state index in [2.05, 4.69) is 0 Å². The Morgan fingerprint density at radius 3 is 2.47 bits per heavy atom. The highest BCUT2D eigenvalue weighted by Crippen LogP contribution is 2.32. The number of hydrogen-bond acceptors (Lipinski definition) is 4. The van der Waals surface area contributed by atoms with Crippen LogP contribution in [0.2, 0.25) is 0 Å². The first-order chi connectivity index (χ1) is 8.09. The first-order valence-electron chi connectivity index (χ1n) is 5.79. The second-order valence-electron chi connectivity index (χ2n) is 4.32. The molecular formula is C13H17NO3. The van der Waals surface area contributed by atoms with Crippen molar-refractivity contribution in [2.75, 3.05) is 13.2 Å². The number of ether oxygens (including phenoxy) is 2. The van der Waals surface area contributed by atoms with E-state index >= 15 is 0 Å². The van der Waals surface area contributed by atoms with Crippen LogP contribution in [0, 0.1) is 6.92 Å². The summed E-state index contributed by atoms with van der Waals surface area (Å²) in [6, 6.07) is 3.08. The standard InChI is InChI=1S/C13H17NO3/c1-8-6-11-12(17-5-3-4-16-11)7-10(8)13(15)9(2)14/h6-7,9H,3-5,14H2,1-2H3. The molecule has 0 aromatic heterocycles. The van der Waals surface area contributed by atoms with Gasteiger partial charge in [-0.25, -0.2) is 0 Å². The summed E-state index contributed by atoms with van der Waals surface area (Å²) in [7, 11) is 0. The number of carbonyl (C=O) groups is 1. The van der Waals surface area contributed by atoms with Gasteiger partial charge in [-0.2, -0.15) is 0 Å². The minimum atomic E-state index is -0.501. The molecule has 0 radical (unpaired) electrons. The third kappa shape index (κ3) is 2.42. The molecule has 0 amide bonds. The predicted octanol–water partition coefficient (Wildman–Crippen LogP) is 1.69. The van der Waals surface area contributed by atoms with Gasteiger partial charge in [0.15, 0.2) is 17.3 Å². The summed E-state index contributed by atoms with van der Waals surface area (Å²) in [6.07, 6.45) is 0.851. The highest BCUT2D eigenvalue weighted by molar-refractivity contribution is 6.01. The number of aryl methyl sites for hydroxylation is 1. The largest absolute Gasteiger partial charge is 0.490 e. The van der Waals surface area contributed by atoms with Gasteiger partial charge < -0.3 is 15.2 Å². The number of Topliss-reactive ketones (excluding diaryl/α,β-unsaturated/α-hetero) is 1. The predicted molar refractivity (Wildman–Crippen MR) is 64.8 cm³/mol. The first-order valence-corrected chi connectivity index (χ1v) is 5.79. The average Bonchev–Trinajstić information content (AvgIpc) is 2.51. The summed E-state index contributed by atoms with van der Waals surface area (Å²) in [6.45, 7) is 4.82. The second-order valence-corrected chi connectivity index (χ2v) is 4.32. The quantitative estimate of drug-likeness (QED) is 0.792. The SMILES string of the molecule is Cc1cc2c(cc1C(=O)C(C)N)OCCCO2. The molecule has 2 N–H and O–H groups in total. The molecule has 0 fully saturated rings. The summed E-state index contributed by atoms with van der Waals surface area (Å²) in [5.41, 5.74) is 7.11. The molecule has 1 atom stereocenters. The van der Waals surface area contributed by atoms with Crippen LogP contribution in [0.1, 0.15) is 29.3 Å². The van der Waals surface area contributed by atoms with Crippen LogP contribution in [0.15, 0.2) is 12.1 Å². The van der Waals surface area contributed by atoms with E-state index in [1.54, 1.807) is 13.0 Å². The maximum atomic E-state index is 11.9. The van der Waals surface area contributed by atoms with E-state index in [9.17, 15) is 4.79 Å². The number of rotatable bonds is 2. The van der Waals surface area contributed by atoms with Crippen LogP contribution < -0.4 is 15.2 Å². The third-order valence-corrected chi connectivity index (χ3v) is 2.77. The molecule has 0 saturated heterocycles. The molecule has 92 valence electrons. The van der Waals surface area contributed by atoms with Crippen molar-refractivity contribution in [3.05, 3.63) is 23.3 Å². The van der Waals surface area contributed by atoms with Crippen LogP contribution in [0.4, 0.5) is 0 Å². The van der Waals surface area contributed by atoms with Crippen LogP contribution in [-0.4, -0.2) is 25.0 Å². The number of carbonyl (C=O) groups excluding carboxylic acids is 1. The maximum Gasteiger partial charge on any atom is 0.179 e. The Balaban J connectivity index is 2.42. The zero-order valence-corrected chi connectivity index (χ0v) is 10.2. The van der Waals surface area contributed by atoms with Gasteiger partial charge in [-0.3, -0.25) is 4.79 Å². The number of benzene rings is 1. The van der Waals surface area contributed by atoms with Crippen LogP contribution in [0.3, 0.4) is 0 Å². The molecule has 2 rings (SSSR count). The molecule has 1 heterocycles. The van der Waals surface area contributed by atoms with Gasteiger partial charge in [0.2, 0.25) is 0 Å². The Morgan fingerprint density at radius 1 is 1.29 bits per heavy atom. The van der Waals surface area contributed by atoms with Crippen molar-refractivity contribution < 1.29 is 14.3 Å². The minimum Gasteiger partial charge on any atom is -0.490 e. The molecule has 1 aromatic rings. The summed E-state index contributed by atoms with van der Waals surface area (Å²) in [4.78, 5) is 11.9. The average molecular weight is 235 g/mol. The van der Waals surface area contributed by atoms with Gasteiger partial charge in [-0.1, -0.05) is 0 Å². The molecular weight excluding hydrogens is 218 g/mol. The second kappa shape index (κ2) is 4.75. The van der Waals surface area contributed by atoms with Gasteiger partial charge in [0.1, 0.15) is 0 Å². The van der Waals surface area contributed by atoms with E-state index in [-0.39, 0.29) is 5.78 Å². The van der Waals surface area contributed by atoms with Crippen molar-refractivity contribution in [1.29, 1.82) is 0 Å². The fourth-order valence-corrected chi connectivity index (χ4v) is 1.82. The number of fused-ring (bicyclic) bond motifs is 1. The number of ketones is 1. The van der Waals surface area contributed by atoms with Crippen molar-refractivity contribution in [2.45, 2.75) is 26.3 Å². The van der Waals surface area contributed by atoms with Crippen molar-refractivity contribution >= 4 is 5.78 Å². The van der Waals surface area contributed by atoms with Gasteiger partial charge in [-0.05, 0) is 31.5 Å². The molecule has 1 aliphatic heterocycles. The lowest BCUT2D eigenvalue weighted by molar-refractivity contribution is 0.0967. The lowest BCUT2D eigenvalue weighted by atomic mass is 10.00. The molecule has 0 spiro atoms. The lowest BCUT2D eigenvalue weighted by Gasteiger charge is -2.13. The highest BCUT2D eigenvalue weighted by atomic mass is 16.5. The minimum absolute atomic E-state index is 0.0712. The van der Waals surface area contributed by atoms with E-state index in [1.165, 1.54) is 0 Å². The van der Waals surface area contributed by atoms with Gasteiger partial charge in [0.05, 0.1) is 19.3 Å². The molecule has 1 aliphatic rings. The molecule has 0 aliphatic carbocycles. The molecule has 4 heteroatoms. The van der Waals surface area contributed by atoms with Gasteiger partial charge in [0.25, 0.3) is 0 Å². The topological polar surface area (TPSA) is 61.6 Å². The summed E-state index contributed by atoms with van der Waals surface area (Å²) < 4.78 is 11.1. The summed E-state index contributed by atoms with van der Waals surface area (Å²) >= 11 is 0. The fraction of sp³-hybridized carbons (Fsp3) is 0.462. The van der Waals surface area contributed by atoms with E-state index in [0.29, 0.717) is 30.3 Å². The molecule has 1 unspecified atom stereocenters. The van der Waals surface area contributed by atoms with Crippen molar-refractivity contribution in [1.82, 2.24) is 0 Å². The van der Waals surface area contributed by atoms with Crippen LogP contribution in [0.5, 0.6) is 11.5 Å². The molecule has 0 bridgehead atoms. The third-order valence-electron chi connectivity index (χ3n) is 2.77. The Bertz CT molecular complexity index is 441. The summed E-state index contributed by atoms with van der Waals surface area (Å²) in [5.74, 6) is 1.27. The van der Waals surface area contributed by atoms with Crippen molar-refractivity contribution in [2.24, 2.45) is 5.73 Å². The monoisotopic (exact) mass is 235 g/mol. The molecule has 4 nitrogen and oxygen atoms in total. The van der Waals surface area contributed by atoms with E-state index in [4.69, 9.17) is 15.2 Å². The van der Waals surface area contributed by atoms with Crippen LogP contribution >= 0.6 is 0 Å². The summed E-state index contributed by atoms with van der Waals surface area (Å²) in [5, 5.41) is 0. The zero-order chi connectivity index (χ0) is 12.4. The molecule has 17 heavy (non-hydrogen) atoms. The first kappa shape index (κ1) is 11.9. The van der Waals surface area contributed by atoms with E-state index in [1.807, 2.05) is 13.0 Å². The van der Waals surface area contributed by atoms with Crippen LogP contribution in [-0.2, 0) is 0 Å². The Kier molecular flexibility index (Phi) is 3.33. The molecule has 1 aromatic carbocycles. The Labute approximate surface area is 101 Å². The smallest absolute Gasteiger partial charge is 0.179 e. The van der Waals surface area contributed by atoms with E-state index < -0.39 is 6.04 Å². The van der Waals surface area contributed by atoms with Crippen molar-refractivity contribution in [3.63, 3.8) is 0 Å². The van der Waals surface area contributed by atoms with Gasteiger partial charge in [0, 0.05) is 12.0 Å². The van der Waals surface area contributed by atoms with Crippen molar-refractivity contribution in [3.8, 4) is 11.5 Å². The Hall–Kier alpha value is -1.55. The highest BCUT2D eigenvalue weighted by Gasteiger charge is 2.18. The fourth-order valence-electron chi connectivity index (χ4n) is 1.82. The lowest BCUT2D eigenvalue weighted by Crippen LogP contribution is -2.27. The molecule has 0 saturated carbocycles. The van der Waals surface area contributed by atoms with Crippen LogP contribution in [0.25, 0.3) is 0 Å².